The summed E-state index contributed by atoms with van der Waals surface area (Å²) in [5, 5.41) is 16.8. The SMILES string of the molecule is CCCCCCCCN1C(N/N=C(/C)c2ccccc2O)=NC2C1C(=O)NC(=O)N2C. The third-order valence-corrected chi connectivity index (χ3v) is 5.73. The number of nitrogens with zero attached hydrogens (tertiary/aromatic N) is 4. The minimum atomic E-state index is -0.593. The Kier molecular flexibility index (Phi) is 7.49. The molecule has 31 heavy (non-hydrogen) atoms. The van der Waals surface area contributed by atoms with Gasteiger partial charge in [-0.2, -0.15) is 5.10 Å². The van der Waals surface area contributed by atoms with E-state index in [0.717, 1.165) is 19.3 Å². The van der Waals surface area contributed by atoms with E-state index < -0.39 is 18.2 Å². The maximum Gasteiger partial charge on any atom is 0.325 e. The number of carbonyl (C=O) groups excluding carboxylic acids is 2. The van der Waals surface area contributed by atoms with Crippen LogP contribution in [0.4, 0.5) is 4.79 Å². The van der Waals surface area contributed by atoms with Crippen molar-refractivity contribution in [2.24, 2.45) is 10.1 Å². The Morgan fingerprint density at radius 1 is 1.19 bits per heavy atom. The van der Waals surface area contributed by atoms with Gasteiger partial charge in [0.25, 0.3) is 5.91 Å². The summed E-state index contributed by atoms with van der Waals surface area (Å²) in [5.41, 5.74) is 4.16. The van der Waals surface area contributed by atoms with Crippen molar-refractivity contribution >= 4 is 23.6 Å². The quantitative estimate of drug-likeness (QED) is 0.318. The number of guanidine groups is 1. The van der Waals surface area contributed by atoms with Gasteiger partial charge in [-0.05, 0) is 25.5 Å². The molecular formula is C22H32N6O3. The molecule has 1 aromatic rings. The molecule has 2 aliphatic rings. The van der Waals surface area contributed by atoms with Gasteiger partial charge in [-0.3, -0.25) is 10.1 Å². The zero-order chi connectivity index (χ0) is 22.4. The van der Waals surface area contributed by atoms with E-state index in [1.807, 2.05) is 11.0 Å². The number of phenols is 1. The van der Waals surface area contributed by atoms with Gasteiger partial charge in [-0.1, -0.05) is 51.2 Å². The molecule has 9 nitrogen and oxygen atoms in total. The van der Waals surface area contributed by atoms with Crippen LogP contribution in [0.15, 0.2) is 34.4 Å². The van der Waals surface area contributed by atoms with Crippen molar-refractivity contribution in [2.75, 3.05) is 13.6 Å². The number of benzene rings is 1. The first kappa shape index (κ1) is 22.6. The summed E-state index contributed by atoms with van der Waals surface area (Å²) in [4.78, 5) is 32.6. The highest BCUT2D eigenvalue weighted by Gasteiger charge is 2.48. The number of fused-ring (bicyclic) bond motifs is 1. The van der Waals surface area contributed by atoms with E-state index >= 15 is 0 Å². The zero-order valence-electron chi connectivity index (χ0n) is 18.5. The molecule has 9 heteroatoms. The topological polar surface area (TPSA) is 110 Å². The molecule has 1 aromatic carbocycles. The number of imide groups is 1. The number of hydrogen-bond donors (Lipinski definition) is 3. The molecule has 3 amide bonds. The first-order valence-corrected chi connectivity index (χ1v) is 10.9. The lowest BCUT2D eigenvalue weighted by atomic mass is 10.1. The number of amides is 3. The number of unbranched alkanes of at least 4 members (excludes halogenated alkanes) is 5. The van der Waals surface area contributed by atoms with E-state index in [4.69, 9.17) is 0 Å². The van der Waals surface area contributed by atoms with Crippen LogP contribution in [0.25, 0.3) is 0 Å². The molecule has 168 valence electrons. The van der Waals surface area contributed by atoms with Crippen LogP contribution in [0, 0.1) is 0 Å². The number of hydrogen-bond acceptors (Lipinski definition) is 7. The molecule has 2 heterocycles. The highest BCUT2D eigenvalue weighted by atomic mass is 16.3. The van der Waals surface area contributed by atoms with Gasteiger partial charge >= 0.3 is 6.03 Å². The zero-order valence-corrected chi connectivity index (χ0v) is 18.5. The number of aromatic hydroxyl groups is 1. The number of para-hydroxylation sites is 1. The monoisotopic (exact) mass is 428 g/mol. The Hall–Kier alpha value is -3.10. The molecule has 0 bridgehead atoms. The average molecular weight is 429 g/mol. The highest BCUT2D eigenvalue weighted by molar-refractivity contribution is 6.04. The van der Waals surface area contributed by atoms with Crippen molar-refractivity contribution < 1.29 is 14.7 Å². The van der Waals surface area contributed by atoms with Gasteiger partial charge in [-0.15, -0.1) is 0 Å². The van der Waals surface area contributed by atoms with E-state index in [0.29, 0.717) is 23.8 Å². The lowest BCUT2D eigenvalue weighted by Crippen LogP contribution is -2.64. The normalized spacial score (nSPS) is 21.1. The summed E-state index contributed by atoms with van der Waals surface area (Å²) in [7, 11) is 1.63. The molecule has 3 N–H and O–H groups in total. The fourth-order valence-corrected chi connectivity index (χ4v) is 3.90. The predicted molar refractivity (Wildman–Crippen MR) is 120 cm³/mol. The van der Waals surface area contributed by atoms with Crippen LogP contribution in [-0.4, -0.2) is 64.3 Å². The molecule has 0 aliphatic carbocycles. The summed E-state index contributed by atoms with van der Waals surface area (Å²) >= 11 is 0. The molecule has 1 fully saturated rings. The van der Waals surface area contributed by atoms with E-state index in [2.05, 4.69) is 27.8 Å². The summed E-state index contributed by atoms with van der Waals surface area (Å²) in [5.74, 6) is 0.247. The number of nitrogens with one attached hydrogen (secondary N) is 2. The molecule has 0 radical (unpaired) electrons. The Labute approximate surface area is 183 Å². The Bertz CT molecular complexity index is 869. The number of phenolic OH excluding ortho intramolecular Hbond substituents is 1. The molecule has 0 spiro atoms. The van der Waals surface area contributed by atoms with E-state index in [1.54, 1.807) is 32.2 Å². The fourth-order valence-electron chi connectivity index (χ4n) is 3.90. The van der Waals surface area contributed by atoms with Gasteiger partial charge in [0.1, 0.15) is 5.75 Å². The average Bonchev–Trinajstić information content (AvgIpc) is 3.12. The second-order valence-electron chi connectivity index (χ2n) is 8.00. The summed E-state index contributed by atoms with van der Waals surface area (Å²) < 4.78 is 0. The lowest BCUT2D eigenvalue weighted by molar-refractivity contribution is -0.127. The number of hydrazone groups is 1. The first-order chi connectivity index (χ1) is 14.9. The minimum absolute atomic E-state index is 0.140. The van der Waals surface area contributed by atoms with Crippen LogP contribution in [0.5, 0.6) is 5.75 Å². The predicted octanol–water partition coefficient (Wildman–Crippen LogP) is 2.61. The van der Waals surface area contributed by atoms with Crippen molar-refractivity contribution in [3.8, 4) is 5.75 Å². The van der Waals surface area contributed by atoms with Gasteiger partial charge in [-0.25, -0.2) is 15.2 Å². The summed E-state index contributed by atoms with van der Waals surface area (Å²) in [6, 6.07) is 5.92. The minimum Gasteiger partial charge on any atom is -0.507 e. The van der Waals surface area contributed by atoms with Crippen molar-refractivity contribution in [2.45, 2.75) is 64.6 Å². The van der Waals surface area contributed by atoms with Crippen LogP contribution in [0.3, 0.4) is 0 Å². The maximum atomic E-state index is 12.6. The van der Waals surface area contributed by atoms with Crippen molar-refractivity contribution in [3.05, 3.63) is 29.8 Å². The van der Waals surface area contributed by atoms with Gasteiger partial charge in [0.05, 0.1) is 5.71 Å². The second-order valence-corrected chi connectivity index (χ2v) is 8.00. The number of rotatable bonds is 9. The molecule has 0 aromatic heterocycles. The second kappa shape index (κ2) is 10.3. The molecule has 0 saturated carbocycles. The van der Waals surface area contributed by atoms with E-state index in [1.165, 1.54) is 24.2 Å². The van der Waals surface area contributed by atoms with Crippen LogP contribution >= 0.6 is 0 Å². The van der Waals surface area contributed by atoms with Gasteiger partial charge < -0.3 is 14.9 Å². The molecule has 2 aliphatic heterocycles. The Morgan fingerprint density at radius 2 is 1.90 bits per heavy atom. The molecule has 3 rings (SSSR count). The number of aliphatic imine (C=N–C) groups is 1. The van der Waals surface area contributed by atoms with Crippen LogP contribution in [-0.2, 0) is 4.79 Å². The lowest BCUT2D eigenvalue weighted by Gasteiger charge is -2.36. The third-order valence-electron chi connectivity index (χ3n) is 5.73. The molecule has 1 saturated heterocycles. The molecule has 2 unspecified atom stereocenters. The largest absolute Gasteiger partial charge is 0.507 e. The Balaban J connectivity index is 1.74. The third kappa shape index (κ3) is 5.15. The van der Waals surface area contributed by atoms with Crippen LogP contribution in [0.2, 0.25) is 0 Å². The maximum absolute atomic E-state index is 12.6. The van der Waals surface area contributed by atoms with E-state index in [9.17, 15) is 14.7 Å². The van der Waals surface area contributed by atoms with Gasteiger partial charge in [0, 0.05) is 19.2 Å². The van der Waals surface area contributed by atoms with Crippen molar-refractivity contribution in [1.29, 1.82) is 0 Å². The molecule has 2 atom stereocenters. The summed E-state index contributed by atoms with van der Waals surface area (Å²) in [6.07, 6.45) is 6.20. The fraction of sp³-hybridized carbons (Fsp3) is 0.545. The van der Waals surface area contributed by atoms with Crippen molar-refractivity contribution in [1.82, 2.24) is 20.5 Å². The van der Waals surface area contributed by atoms with Gasteiger partial charge in [0.2, 0.25) is 5.96 Å². The smallest absolute Gasteiger partial charge is 0.325 e. The number of likely N-dealkylation sites (N-methyl/N-ethyl adjacent to an activating group) is 1. The van der Waals surface area contributed by atoms with Gasteiger partial charge in [0.15, 0.2) is 12.2 Å². The van der Waals surface area contributed by atoms with Crippen molar-refractivity contribution in [3.63, 3.8) is 0 Å². The summed E-state index contributed by atoms with van der Waals surface area (Å²) in [6.45, 7) is 4.61. The molecular weight excluding hydrogens is 396 g/mol. The number of carbonyl (C=O) groups is 2. The van der Waals surface area contributed by atoms with Crippen LogP contribution < -0.4 is 10.7 Å². The Morgan fingerprint density at radius 3 is 2.65 bits per heavy atom. The number of urea groups is 1. The standard InChI is InChI=1S/C22H32N6O3/c1-4-5-6-7-8-11-14-28-18-19(27(3)22(31)24-20(18)30)23-21(28)26-25-15(2)16-12-9-10-13-17(16)29/h9-10,12-13,18-19,29H,4-8,11,14H2,1-3H3,(H,23,26)(H,24,30,31)/b25-15-. The van der Waals surface area contributed by atoms with E-state index in [-0.39, 0.29) is 11.7 Å². The van der Waals surface area contributed by atoms with Crippen LogP contribution in [0.1, 0.15) is 57.9 Å². The highest BCUT2D eigenvalue weighted by Crippen LogP contribution is 2.24. The first-order valence-electron chi connectivity index (χ1n) is 10.9.